The first-order chi connectivity index (χ1) is 11.8. The van der Waals surface area contributed by atoms with E-state index in [0.29, 0.717) is 30.2 Å². The maximum Gasteiger partial charge on any atom is 0.251 e. The molecule has 1 atom stereocenters. The van der Waals surface area contributed by atoms with Gasteiger partial charge in [-0.2, -0.15) is 0 Å². The third-order valence-corrected chi connectivity index (χ3v) is 6.65. The molecule has 9 heteroatoms. The number of carbonyl (C=O) groups excluding carboxylic acids is 1. The zero-order valence-corrected chi connectivity index (χ0v) is 16.3. The first kappa shape index (κ1) is 20.0. The topological polar surface area (TPSA) is 100 Å². The molecule has 1 saturated heterocycles. The molecule has 25 heavy (non-hydrogen) atoms. The van der Waals surface area contributed by atoms with Crippen molar-refractivity contribution in [3.8, 4) is 0 Å². The maximum absolute atomic E-state index is 12.6. The Morgan fingerprint density at radius 3 is 2.76 bits per heavy atom. The molecule has 0 radical (unpaired) electrons. The first-order valence-corrected chi connectivity index (χ1v) is 11.4. The number of nitrogens with one attached hydrogen (secondary N) is 1. The summed E-state index contributed by atoms with van der Waals surface area (Å²) in [6, 6.07) is 1.23. The van der Waals surface area contributed by atoms with Crippen molar-refractivity contribution in [3.05, 3.63) is 22.1 Å². The Hall–Kier alpha value is -1.35. The molecule has 0 spiro atoms. The van der Waals surface area contributed by atoms with Crippen molar-refractivity contribution in [3.63, 3.8) is 0 Å². The molecule has 0 unspecified atom stereocenters. The van der Waals surface area contributed by atoms with Crippen LogP contribution in [0.4, 0.5) is 0 Å². The Balaban J connectivity index is 2.03. The van der Waals surface area contributed by atoms with Crippen molar-refractivity contribution in [1.82, 2.24) is 14.9 Å². The Labute approximate surface area is 152 Å². The Kier molecular flexibility index (Phi) is 7.06. The van der Waals surface area contributed by atoms with Gasteiger partial charge in [0.05, 0.1) is 17.3 Å². The number of rotatable bonds is 8. The fourth-order valence-corrected chi connectivity index (χ4v) is 5.43. The molecule has 0 aromatic carbocycles. The summed E-state index contributed by atoms with van der Waals surface area (Å²) >= 11 is 1.19. The third-order valence-electron chi connectivity index (χ3n) is 4.05. The summed E-state index contributed by atoms with van der Waals surface area (Å²) < 4.78 is 23.4. The molecule has 2 rings (SSSR count). The van der Waals surface area contributed by atoms with Gasteiger partial charge in [-0.3, -0.25) is 9.59 Å². The highest BCUT2D eigenvalue weighted by molar-refractivity contribution is 7.99. The molecule has 140 valence electrons. The van der Waals surface area contributed by atoms with E-state index in [0.717, 1.165) is 12.8 Å². The van der Waals surface area contributed by atoms with E-state index in [9.17, 15) is 18.0 Å². The number of carbonyl (C=O) groups is 1. The molecule has 1 amide bonds. The van der Waals surface area contributed by atoms with Crippen LogP contribution >= 0.6 is 11.8 Å². The summed E-state index contributed by atoms with van der Waals surface area (Å²) in [5.41, 5.74) is 0.495. The van der Waals surface area contributed by atoms with E-state index in [4.69, 9.17) is 0 Å². The smallest absolute Gasteiger partial charge is 0.251 e. The van der Waals surface area contributed by atoms with E-state index in [1.807, 2.05) is 13.8 Å². The van der Waals surface area contributed by atoms with Gasteiger partial charge in [0, 0.05) is 24.3 Å². The van der Waals surface area contributed by atoms with E-state index in [1.54, 1.807) is 4.90 Å². The SMILES string of the molecule is CCCc1cc(=O)[nH]c(SCC(=O)N(CCC)[C@@H]2CCS(=O)(=O)C2)n1. The zero-order chi connectivity index (χ0) is 18.4. The summed E-state index contributed by atoms with van der Waals surface area (Å²) in [6.45, 7) is 4.51. The number of nitrogens with zero attached hydrogens (tertiary/aromatic N) is 2. The van der Waals surface area contributed by atoms with Crippen LogP contribution in [0.5, 0.6) is 0 Å². The van der Waals surface area contributed by atoms with Gasteiger partial charge >= 0.3 is 0 Å². The van der Waals surface area contributed by atoms with Crippen LogP contribution in [-0.2, 0) is 21.1 Å². The number of thioether (sulfide) groups is 1. The van der Waals surface area contributed by atoms with Gasteiger partial charge in [0.25, 0.3) is 5.56 Å². The first-order valence-electron chi connectivity index (χ1n) is 8.57. The largest absolute Gasteiger partial charge is 0.338 e. The Morgan fingerprint density at radius 1 is 1.40 bits per heavy atom. The van der Waals surface area contributed by atoms with Gasteiger partial charge in [0.1, 0.15) is 0 Å². The second-order valence-electron chi connectivity index (χ2n) is 6.22. The summed E-state index contributed by atoms with van der Waals surface area (Å²) in [5.74, 6) is 0.212. The van der Waals surface area contributed by atoms with Crippen LogP contribution < -0.4 is 5.56 Å². The third kappa shape index (κ3) is 5.85. The van der Waals surface area contributed by atoms with Crippen molar-refractivity contribution < 1.29 is 13.2 Å². The predicted molar refractivity (Wildman–Crippen MR) is 98.6 cm³/mol. The Bertz CT molecular complexity index is 761. The van der Waals surface area contributed by atoms with Crippen molar-refractivity contribution in [1.29, 1.82) is 0 Å². The van der Waals surface area contributed by atoms with E-state index < -0.39 is 9.84 Å². The molecule has 7 nitrogen and oxygen atoms in total. The number of amides is 1. The van der Waals surface area contributed by atoms with Crippen molar-refractivity contribution in [2.75, 3.05) is 23.8 Å². The quantitative estimate of drug-likeness (QED) is 0.532. The van der Waals surface area contributed by atoms with E-state index in [-0.39, 0.29) is 34.8 Å². The molecule has 1 aliphatic heterocycles. The fourth-order valence-electron chi connectivity index (χ4n) is 2.92. The number of aryl methyl sites for hydroxylation is 1. The number of sulfone groups is 1. The van der Waals surface area contributed by atoms with Crippen molar-refractivity contribution >= 4 is 27.5 Å². The fraction of sp³-hybridized carbons (Fsp3) is 0.688. The van der Waals surface area contributed by atoms with E-state index >= 15 is 0 Å². The highest BCUT2D eigenvalue weighted by atomic mass is 32.2. The summed E-state index contributed by atoms with van der Waals surface area (Å²) in [4.78, 5) is 32.9. The minimum Gasteiger partial charge on any atom is -0.338 e. The molecule has 0 saturated carbocycles. The molecule has 2 heterocycles. The summed E-state index contributed by atoms with van der Waals surface area (Å²) in [6.07, 6.45) is 2.88. The predicted octanol–water partition coefficient (Wildman–Crippen LogP) is 1.24. The molecular formula is C16H25N3O4S2. The molecule has 1 aromatic heterocycles. The van der Waals surface area contributed by atoms with Gasteiger partial charge in [-0.05, 0) is 19.3 Å². The maximum atomic E-state index is 12.6. The minimum absolute atomic E-state index is 0.0461. The van der Waals surface area contributed by atoms with Gasteiger partial charge in [-0.25, -0.2) is 13.4 Å². The zero-order valence-electron chi connectivity index (χ0n) is 14.7. The lowest BCUT2D eigenvalue weighted by Crippen LogP contribution is -2.42. The van der Waals surface area contributed by atoms with Crippen LogP contribution in [0.15, 0.2) is 16.0 Å². The van der Waals surface area contributed by atoms with Gasteiger partial charge in [-0.1, -0.05) is 32.0 Å². The van der Waals surface area contributed by atoms with E-state index in [1.165, 1.54) is 17.8 Å². The van der Waals surface area contributed by atoms with Crippen LogP contribution in [0.3, 0.4) is 0 Å². The van der Waals surface area contributed by atoms with Gasteiger partial charge in [0.15, 0.2) is 15.0 Å². The monoisotopic (exact) mass is 387 g/mol. The van der Waals surface area contributed by atoms with Gasteiger partial charge < -0.3 is 9.88 Å². The lowest BCUT2D eigenvalue weighted by atomic mass is 10.2. The molecule has 0 aliphatic carbocycles. The number of hydrogen-bond donors (Lipinski definition) is 1. The van der Waals surface area contributed by atoms with Crippen molar-refractivity contribution in [2.24, 2.45) is 0 Å². The number of hydrogen-bond acceptors (Lipinski definition) is 6. The molecule has 1 aliphatic rings. The highest BCUT2D eigenvalue weighted by Crippen LogP contribution is 2.20. The molecular weight excluding hydrogens is 362 g/mol. The number of H-pyrrole nitrogens is 1. The molecule has 1 fully saturated rings. The van der Waals surface area contributed by atoms with Gasteiger partial charge in [-0.15, -0.1) is 0 Å². The lowest BCUT2D eigenvalue weighted by molar-refractivity contribution is -0.130. The summed E-state index contributed by atoms with van der Waals surface area (Å²) in [5, 5.41) is 0.430. The van der Waals surface area contributed by atoms with E-state index in [2.05, 4.69) is 9.97 Å². The van der Waals surface area contributed by atoms with Crippen LogP contribution in [0, 0.1) is 0 Å². The average molecular weight is 388 g/mol. The van der Waals surface area contributed by atoms with Gasteiger partial charge in [0.2, 0.25) is 5.91 Å². The standard InChI is InChI=1S/C16H25N3O4S2/c1-3-5-12-9-14(20)18-16(17-12)24-10-15(21)19(7-4-2)13-6-8-25(22,23)11-13/h9,13H,3-8,10-11H2,1-2H3,(H,17,18,20)/t13-/m1/s1. The normalized spacial score (nSPS) is 19.0. The minimum atomic E-state index is -3.04. The molecule has 1 N–H and O–H groups in total. The molecule has 1 aromatic rings. The number of aromatic amines is 1. The molecule has 0 bridgehead atoms. The summed E-state index contributed by atoms with van der Waals surface area (Å²) in [7, 11) is -3.04. The average Bonchev–Trinajstić information content (AvgIpc) is 2.90. The Morgan fingerprint density at radius 2 is 2.16 bits per heavy atom. The van der Waals surface area contributed by atoms with Crippen LogP contribution in [0.25, 0.3) is 0 Å². The second kappa shape index (κ2) is 8.84. The van der Waals surface area contributed by atoms with Crippen LogP contribution in [-0.4, -0.2) is 59.0 Å². The lowest BCUT2D eigenvalue weighted by Gasteiger charge is -2.27. The number of aromatic nitrogens is 2. The van der Waals surface area contributed by atoms with Crippen LogP contribution in [0.2, 0.25) is 0 Å². The highest BCUT2D eigenvalue weighted by Gasteiger charge is 2.34. The van der Waals surface area contributed by atoms with Crippen LogP contribution in [0.1, 0.15) is 38.8 Å². The van der Waals surface area contributed by atoms with Crippen molar-refractivity contribution in [2.45, 2.75) is 50.7 Å². The second-order valence-corrected chi connectivity index (χ2v) is 9.42.